The molecule has 0 radical (unpaired) electrons. The molecular formula is C23H26ClNO5. The molecule has 2 atom stereocenters. The second-order valence-electron chi connectivity index (χ2n) is 8.53. The summed E-state index contributed by atoms with van der Waals surface area (Å²) in [5.74, 6) is -0.903. The molecule has 1 amide bonds. The summed E-state index contributed by atoms with van der Waals surface area (Å²) in [6.45, 7) is 6.46. The van der Waals surface area contributed by atoms with Crippen LogP contribution in [0.1, 0.15) is 44.4 Å². The molecule has 0 aromatic heterocycles. The summed E-state index contributed by atoms with van der Waals surface area (Å²) in [5, 5.41) is 9.91. The van der Waals surface area contributed by atoms with Crippen molar-refractivity contribution < 1.29 is 24.2 Å². The number of anilines is 1. The molecule has 0 unspecified atom stereocenters. The normalized spacial score (nSPS) is 19.2. The van der Waals surface area contributed by atoms with Gasteiger partial charge in [-0.1, -0.05) is 50.6 Å². The third-order valence-corrected chi connectivity index (χ3v) is 5.05. The van der Waals surface area contributed by atoms with Crippen molar-refractivity contribution in [2.75, 3.05) is 18.6 Å². The van der Waals surface area contributed by atoms with E-state index in [-0.39, 0.29) is 11.3 Å². The number of fused-ring (bicyclic) bond motifs is 1. The topological polar surface area (TPSA) is 76.1 Å². The van der Waals surface area contributed by atoms with Crippen LogP contribution >= 0.6 is 11.6 Å². The summed E-state index contributed by atoms with van der Waals surface area (Å²) < 4.78 is 11.7. The van der Waals surface area contributed by atoms with Crippen LogP contribution in [0.5, 0.6) is 5.75 Å². The number of carbonyl (C=O) groups is 2. The molecule has 160 valence electrons. The summed E-state index contributed by atoms with van der Waals surface area (Å²) >= 11 is 6.31. The number of hydrogen-bond acceptors (Lipinski definition) is 4. The van der Waals surface area contributed by atoms with Crippen molar-refractivity contribution in [2.24, 2.45) is 5.41 Å². The Balaban J connectivity index is 2.23. The number of rotatable bonds is 5. The first kappa shape index (κ1) is 22.1. The number of carboxylic acid groups (broad SMARTS) is 1. The summed E-state index contributed by atoms with van der Waals surface area (Å²) in [6, 6.07) is 12.6. The number of hydrogen-bond donors (Lipinski definition) is 1. The second-order valence-corrected chi connectivity index (χ2v) is 8.97. The van der Waals surface area contributed by atoms with Crippen LogP contribution in [-0.4, -0.2) is 36.7 Å². The van der Waals surface area contributed by atoms with Gasteiger partial charge in [0.2, 0.25) is 0 Å². The highest BCUT2D eigenvalue weighted by Crippen LogP contribution is 2.43. The zero-order valence-corrected chi connectivity index (χ0v) is 18.3. The van der Waals surface area contributed by atoms with Gasteiger partial charge in [-0.3, -0.25) is 9.59 Å². The molecule has 2 aromatic carbocycles. The van der Waals surface area contributed by atoms with Crippen LogP contribution in [0.3, 0.4) is 0 Å². The lowest BCUT2D eigenvalue weighted by atomic mass is 9.94. The van der Waals surface area contributed by atoms with Crippen molar-refractivity contribution in [3.8, 4) is 5.75 Å². The van der Waals surface area contributed by atoms with Crippen LogP contribution in [-0.2, 0) is 14.3 Å². The van der Waals surface area contributed by atoms with E-state index in [1.165, 1.54) is 0 Å². The number of carbonyl (C=O) groups excluding carboxylic acids is 1. The van der Waals surface area contributed by atoms with Crippen molar-refractivity contribution >= 4 is 29.2 Å². The van der Waals surface area contributed by atoms with E-state index in [9.17, 15) is 14.7 Å². The summed E-state index contributed by atoms with van der Waals surface area (Å²) in [7, 11) is 1.56. The van der Waals surface area contributed by atoms with E-state index in [2.05, 4.69) is 0 Å². The highest BCUT2D eigenvalue weighted by atomic mass is 35.5. The molecule has 0 bridgehead atoms. The van der Waals surface area contributed by atoms with E-state index in [1.54, 1.807) is 36.3 Å². The van der Waals surface area contributed by atoms with Crippen molar-refractivity contribution in [2.45, 2.75) is 39.4 Å². The molecule has 7 heteroatoms. The van der Waals surface area contributed by atoms with Gasteiger partial charge in [0.25, 0.3) is 5.91 Å². The lowest BCUT2D eigenvalue weighted by Gasteiger charge is -2.31. The number of nitrogens with zero attached hydrogens (tertiary/aromatic N) is 1. The summed E-state index contributed by atoms with van der Waals surface area (Å²) in [5.41, 5.74) is 1.83. The van der Waals surface area contributed by atoms with Crippen LogP contribution < -0.4 is 9.64 Å². The Hall–Kier alpha value is -2.57. The zero-order valence-electron chi connectivity index (χ0n) is 17.5. The van der Waals surface area contributed by atoms with Gasteiger partial charge in [0.05, 0.1) is 13.5 Å². The predicted octanol–water partition coefficient (Wildman–Crippen LogP) is 4.69. The second kappa shape index (κ2) is 8.66. The maximum absolute atomic E-state index is 13.4. The maximum Gasteiger partial charge on any atom is 0.306 e. The fourth-order valence-electron chi connectivity index (χ4n) is 3.62. The highest BCUT2D eigenvalue weighted by molar-refractivity contribution is 6.30. The molecule has 0 saturated carbocycles. The van der Waals surface area contributed by atoms with E-state index in [0.29, 0.717) is 34.1 Å². The number of halogens is 1. The number of benzene rings is 2. The van der Waals surface area contributed by atoms with Crippen LogP contribution in [0.25, 0.3) is 0 Å². The number of para-hydroxylation sites is 1. The highest BCUT2D eigenvalue weighted by Gasteiger charge is 2.39. The van der Waals surface area contributed by atoms with Gasteiger partial charge in [-0.05, 0) is 29.7 Å². The van der Waals surface area contributed by atoms with Crippen molar-refractivity contribution in [1.29, 1.82) is 0 Å². The Labute approximate surface area is 181 Å². The van der Waals surface area contributed by atoms with Gasteiger partial charge in [0, 0.05) is 28.4 Å². The molecule has 1 aliphatic rings. The monoisotopic (exact) mass is 431 g/mol. The molecule has 1 aliphatic heterocycles. The van der Waals surface area contributed by atoms with Gasteiger partial charge in [-0.2, -0.15) is 0 Å². The fourth-order valence-corrected chi connectivity index (χ4v) is 3.81. The average Bonchev–Trinajstić information content (AvgIpc) is 2.77. The van der Waals surface area contributed by atoms with E-state index in [4.69, 9.17) is 21.1 Å². The minimum absolute atomic E-state index is 0.218. The van der Waals surface area contributed by atoms with Gasteiger partial charge in [-0.25, -0.2) is 0 Å². The molecule has 2 aromatic rings. The fraction of sp³-hybridized carbons (Fsp3) is 0.391. The number of ether oxygens (including phenoxy) is 2. The van der Waals surface area contributed by atoms with Crippen molar-refractivity contribution in [1.82, 2.24) is 0 Å². The molecular weight excluding hydrogens is 406 g/mol. The number of amides is 1. The van der Waals surface area contributed by atoms with Crippen LogP contribution in [0.4, 0.5) is 5.69 Å². The quantitative estimate of drug-likeness (QED) is 0.743. The van der Waals surface area contributed by atoms with Gasteiger partial charge in [0.15, 0.2) is 0 Å². The van der Waals surface area contributed by atoms with Crippen LogP contribution in [0.2, 0.25) is 5.02 Å². The summed E-state index contributed by atoms with van der Waals surface area (Å²) in [4.78, 5) is 26.5. The predicted molar refractivity (Wildman–Crippen MR) is 115 cm³/mol. The molecule has 0 saturated heterocycles. The van der Waals surface area contributed by atoms with E-state index < -0.39 is 24.6 Å². The van der Waals surface area contributed by atoms with Gasteiger partial charge in [0.1, 0.15) is 18.0 Å². The van der Waals surface area contributed by atoms with E-state index >= 15 is 0 Å². The smallest absolute Gasteiger partial charge is 0.306 e. The summed E-state index contributed by atoms with van der Waals surface area (Å²) in [6.07, 6.45) is -2.30. The minimum Gasteiger partial charge on any atom is -0.496 e. The van der Waals surface area contributed by atoms with Crippen LogP contribution in [0, 0.1) is 5.41 Å². The number of methoxy groups -OCH3 is 1. The molecule has 1 heterocycles. The third kappa shape index (κ3) is 4.77. The van der Waals surface area contributed by atoms with E-state index in [1.807, 2.05) is 39.0 Å². The Kier molecular flexibility index (Phi) is 6.38. The first-order chi connectivity index (χ1) is 14.1. The number of aliphatic carboxylic acids is 1. The standard InChI is InChI=1S/C23H26ClNO5/c1-23(2,3)13-25-17-10-9-14(24)11-16(17)21(15-7-5-6-8-18(15)29-4)30-19(22(25)28)12-20(26)27/h5-11,19,21H,12-13H2,1-4H3,(H,26,27)/t19-,21-/m0/s1. The van der Waals surface area contributed by atoms with Gasteiger partial charge >= 0.3 is 5.97 Å². The Morgan fingerprint density at radius 2 is 1.90 bits per heavy atom. The zero-order chi connectivity index (χ0) is 22.1. The molecule has 0 aliphatic carbocycles. The minimum atomic E-state index is -1.15. The van der Waals surface area contributed by atoms with Crippen LogP contribution in [0.15, 0.2) is 42.5 Å². The maximum atomic E-state index is 13.4. The van der Waals surface area contributed by atoms with Crippen molar-refractivity contribution in [3.05, 3.63) is 58.6 Å². The van der Waals surface area contributed by atoms with Crippen molar-refractivity contribution in [3.63, 3.8) is 0 Å². The lowest BCUT2D eigenvalue weighted by molar-refractivity contribution is -0.147. The van der Waals surface area contributed by atoms with E-state index in [0.717, 1.165) is 0 Å². The Morgan fingerprint density at radius 1 is 1.20 bits per heavy atom. The Bertz CT molecular complexity index is 953. The van der Waals surface area contributed by atoms with Gasteiger partial charge in [-0.15, -0.1) is 0 Å². The first-order valence-corrected chi connectivity index (χ1v) is 10.1. The SMILES string of the molecule is COc1ccccc1[C@@H]1O[C@@H](CC(=O)O)C(=O)N(CC(C)(C)C)c2ccc(Cl)cc21. The molecule has 3 rings (SSSR count). The largest absolute Gasteiger partial charge is 0.496 e. The first-order valence-electron chi connectivity index (χ1n) is 9.71. The molecule has 30 heavy (non-hydrogen) atoms. The molecule has 0 spiro atoms. The average molecular weight is 432 g/mol. The Morgan fingerprint density at radius 3 is 2.53 bits per heavy atom. The third-order valence-electron chi connectivity index (χ3n) is 4.82. The lowest BCUT2D eigenvalue weighted by Crippen LogP contribution is -2.44. The van der Waals surface area contributed by atoms with Gasteiger partial charge < -0.3 is 19.5 Å². The number of carboxylic acids is 1. The molecule has 1 N–H and O–H groups in total. The molecule has 0 fully saturated rings. The molecule has 6 nitrogen and oxygen atoms in total.